The van der Waals surface area contributed by atoms with Crippen molar-refractivity contribution in [1.82, 2.24) is 10.2 Å². The van der Waals surface area contributed by atoms with Crippen molar-refractivity contribution in [3.8, 4) is 0 Å². The van der Waals surface area contributed by atoms with Crippen molar-refractivity contribution in [2.45, 2.75) is 57.2 Å². The van der Waals surface area contributed by atoms with Crippen LogP contribution in [0.1, 0.15) is 39.0 Å². The van der Waals surface area contributed by atoms with Gasteiger partial charge in [0.15, 0.2) is 0 Å². The highest BCUT2D eigenvalue weighted by Gasteiger charge is 2.31. The normalized spacial score (nSPS) is 31.4. The minimum atomic E-state index is 0.188. The van der Waals surface area contributed by atoms with Crippen LogP contribution in [0, 0.1) is 5.92 Å². The number of piperazine rings is 1. The predicted molar refractivity (Wildman–Crippen MR) is 82.1 cm³/mol. The summed E-state index contributed by atoms with van der Waals surface area (Å²) in [7, 11) is 3.53. The lowest BCUT2D eigenvalue weighted by molar-refractivity contribution is -0.0126. The molecule has 118 valence electrons. The molecule has 0 aromatic heterocycles. The number of ether oxygens (including phenoxy) is 2. The van der Waals surface area contributed by atoms with Crippen molar-refractivity contribution in [3.05, 3.63) is 0 Å². The third-order valence-corrected chi connectivity index (χ3v) is 5.07. The van der Waals surface area contributed by atoms with E-state index in [9.17, 15) is 0 Å². The van der Waals surface area contributed by atoms with Gasteiger partial charge in [0.2, 0.25) is 0 Å². The summed E-state index contributed by atoms with van der Waals surface area (Å²) in [5.41, 5.74) is 0. The van der Waals surface area contributed by atoms with E-state index in [0.29, 0.717) is 18.7 Å². The summed E-state index contributed by atoms with van der Waals surface area (Å²) in [6.07, 6.45) is 7.28. The smallest absolute Gasteiger partial charge is 0.0931 e. The van der Waals surface area contributed by atoms with E-state index >= 15 is 0 Å². The maximum atomic E-state index is 5.54. The Morgan fingerprint density at radius 1 is 1.20 bits per heavy atom. The van der Waals surface area contributed by atoms with Crippen molar-refractivity contribution >= 4 is 0 Å². The van der Waals surface area contributed by atoms with Crippen molar-refractivity contribution in [2.75, 3.05) is 40.5 Å². The molecule has 0 aromatic rings. The van der Waals surface area contributed by atoms with E-state index in [1.807, 2.05) is 0 Å². The molecule has 1 saturated heterocycles. The Morgan fingerprint density at radius 3 is 2.60 bits per heavy atom. The number of rotatable bonds is 6. The molecule has 1 heterocycles. The predicted octanol–water partition coefficient (Wildman–Crippen LogP) is 1.89. The average molecular weight is 284 g/mol. The first-order chi connectivity index (χ1) is 9.74. The van der Waals surface area contributed by atoms with Gasteiger partial charge in [0, 0.05) is 45.9 Å². The molecule has 0 spiro atoms. The zero-order chi connectivity index (χ0) is 14.4. The average Bonchev–Trinajstić information content (AvgIpc) is 2.49. The third kappa shape index (κ3) is 4.42. The molecular formula is C16H32N2O2. The van der Waals surface area contributed by atoms with Gasteiger partial charge in [-0.15, -0.1) is 0 Å². The van der Waals surface area contributed by atoms with E-state index in [0.717, 1.165) is 25.6 Å². The van der Waals surface area contributed by atoms with Crippen LogP contribution in [0.2, 0.25) is 0 Å². The van der Waals surface area contributed by atoms with E-state index in [2.05, 4.69) is 17.1 Å². The quantitative estimate of drug-likeness (QED) is 0.807. The van der Waals surface area contributed by atoms with Gasteiger partial charge in [-0.05, 0) is 25.7 Å². The second-order valence-corrected chi connectivity index (χ2v) is 6.53. The molecule has 3 atom stereocenters. The minimum Gasteiger partial charge on any atom is -0.382 e. The van der Waals surface area contributed by atoms with Gasteiger partial charge in [-0.25, -0.2) is 0 Å². The van der Waals surface area contributed by atoms with Gasteiger partial charge in [-0.1, -0.05) is 19.3 Å². The summed E-state index contributed by atoms with van der Waals surface area (Å²) in [6.45, 7) is 6.24. The Morgan fingerprint density at radius 2 is 1.95 bits per heavy atom. The second kappa shape index (κ2) is 8.32. The van der Waals surface area contributed by atoms with E-state index < -0.39 is 0 Å². The molecule has 1 N–H and O–H groups in total. The highest BCUT2D eigenvalue weighted by Crippen LogP contribution is 2.28. The van der Waals surface area contributed by atoms with Crippen LogP contribution in [0.15, 0.2) is 0 Å². The summed E-state index contributed by atoms with van der Waals surface area (Å²) in [6, 6.07) is 1.26. The van der Waals surface area contributed by atoms with Gasteiger partial charge in [-0.2, -0.15) is 0 Å². The molecule has 4 nitrogen and oxygen atoms in total. The standard InChI is InChI=1S/C16H32N2O2/c1-13-9-17-16(14-7-5-4-6-8-14)11-18(13)10-15(20-3)12-19-2/h13-17H,4-12H2,1-3H3. The molecule has 2 aliphatic rings. The summed E-state index contributed by atoms with van der Waals surface area (Å²) < 4.78 is 10.8. The van der Waals surface area contributed by atoms with Crippen LogP contribution in [0.3, 0.4) is 0 Å². The fourth-order valence-corrected chi connectivity index (χ4v) is 3.70. The summed E-state index contributed by atoms with van der Waals surface area (Å²) in [5, 5.41) is 3.78. The summed E-state index contributed by atoms with van der Waals surface area (Å²) in [5.74, 6) is 0.877. The molecule has 1 aliphatic heterocycles. The first kappa shape index (κ1) is 16.2. The Bertz CT molecular complexity index is 269. The fourth-order valence-electron chi connectivity index (χ4n) is 3.70. The van der Waals surface area contributed by atoms with E-state index in [1.54, 1.807) is 14.2 Å². The maximum Gasteiger partial charge on any atom is 0.0931 e. The van der Waals surface area contributed by atoms with Crippen molar-refractivity contribution in [2.24, 2.45) is 5.92 Å². The molecule has 0 bridgehead atoms. The Kier molecular flexibility index (Phi) is 6.75. The Balaban J connectivity index is 1.86. The summed E-state index contributed by atoms with van der Waals surface area (Å²) in [4.78, 5) is 2.59. The lowest BCUT2D eigenvalue weighted by atomic mass is 9.82. The fraction of sp³-hybridized carbons (Fsp3) is 1.00. The van der Waals surface area contributed by atoms with E-state index in [1.165, 1.54) is 32.1 Å². The van der Waals surface area contributed by atoms with E-state index in [4.69, 9.17) is 9.47 Å². The van der Waals surface area contributed by atoms with Crippen LogP contribution in [-0.4, -0.2) is 63.5 Å². The Labute approximate surface area is 124 Å². The molecule has 0 aromatic carbocycles. The number of hydrogen-bond donors (Lipinski definition) is 1. The molecule has 4 heteroatoms. The van der Waals surface area contributed by atoms with Crippen LogP contribution in [0.5, 0.6) is 0 Å². The minimum absolute atomic E-state index is 0.188. The monoisotopic (exact) mass is 284 g/mol. The van der Waals surface area contributed by atoms with Gasteiger partial charge in [0.25, 0.3) is 0 Å². The lowest BCUT2D eigenvalue weighted by Crippen LogP contribution is -2.59. The van der Waals surface area contributed by atoms with Crippen molar-refractivity contribution in [1.29, 1.82) is 0 Å². The maximum absolute atomic E-state index is 5.54. The van der Waals surface area contributed by atoms with Gasteiger partial charge in [-0.3, -0.25) is 4.90 Å². The number of nitrogens with zero attached hydrogens (tertiary/aromatic N) is 1. The topological polar surface area (TPSA) is 33.7 Å². The lowest BCUT2D eigenvalue weighted by Gasteiger charge is -2.43. The van der Waals surface area contributed by atoms with Gasteiger partial charge < -0.3 is 14.8 Å². The first-order valence-electron chi connectivity index (χ1n) is 8.23. The molecule has 2 rings (SSSR count). The van der Waals surface area contributed by atoms with Crippen LogP contribution in [0.4, 0.5) is 0 Å². The summed E-state index contributed by atoms with van der Waals surface area (Å²) >= 11 is 0. The molecule has 1 saturated carbocycles. The third-order valence-electron chi connectivity index (χ3n) is 5.07. The molecule has 0 amide bonds. The highest BCUT2D eigenvalue weighted by atomic mass is 16.5. The molecular weight excluding hydrogens is 252 g/mol. The molecule has 2 fully saturated rings. The van der Waals surface area contributed by atoms with Crippen molar-refractivity contribution < 1.29 is 9.47 Å². The molecule has 20 heavy (non-hydrogen) atoms. The second-order valence-electron chi connectivity index (χ2n) is 6.53. The zero-order valence-electron chi connectivity index (χ0n) is 13.4. The van der Waals surface area contributed by atoms with Crippen molar-refractivity contribution in [3.63, 3.8) is 0 Å². The van der Waals surface area contributed by atoms with Crippen LogP contribution < -0.4 is 5.32 Å². The number of nitrogens with one attached hydrogen (secondary N) is 1. The largest absolute Gasteiger partial charge is 0.382 e. The van der Waals surface area contributed by atoms with Crippen LogP contribution in [-0.2, 0) is 9.47 Å². The van der Waals surface area contributed by atoms with Gasteiger partial charge in [0.05, 0.1) is 12.7 Å². The highest BCUT2D eigenvalue weighted by molar-refractivity contribution is 4.89. The van der Waals surface area contributed by atoms with Gasteiger partial charge >= 0.3 is 0 Å². The molecule has 1 aliphatic carbocycles. The van der Waals surface area contributed by atoms with E-state index in [-0.39, 0.29) is 6.10 Å². The Hall–Kier alpha value is -0.160. The number of hydrogen-bond acceptors (Lipinski definition) is 4. The van der Waals surface area contributed by atoms with Gasteiger partial charge in [0.1, 0.15) is 0 Å². The molecule has 0 radical (unpaired) electrons. The van der Waals surface area contributed by atoms with Crippen LogP contribution >= 0.6 is 0 Å². The SMILES string of the molecule is COCC(CN1CC(C2CCCCC2)NCC1C)OC. The molecule has 3 unspecified atom stereocenters. The zero-order valence-corrected chi connectivity index (χ0v) is 13.4. The first-order valence-corrected chi connectivity index (χ1v) is 8.23. The number of methoxy groups -OCH3 is 2. The van der Waals surface area contributed by atoms with Crippen LogP contribution in [0.25, 0.3) is 0 Å².